The number of hydrogen-bond acceptors (Lipinski definition) is 7. The summed E-state index contributed by atoms with van der Waals surface area (Å²) in [6.45, 7) is 12.6. The van der Waals surface area contributed by atoms with Gasteiger partial charge in [-0.3, -0.25) is 0 Å². The molecule has 9 heteroatoms. The summed E-state index contributed by atoms with van der Waals surface area (Å²) >= 11 is 1.70. The molecule has 0 fully saturated rings. The summed E-state index contributed by atoms with van der Waals surface area (Å²) in [6.07, 6.45) is 8.96. The Morgan fingerprint density at radius 3 is 2.36 bits per heavy atom. The summed E-state index contributed by atoms with van der Waals surface area (Å²) in [5.74, 6) is 0. The summed E-state index contributed by atoms with van der Waals surface area (Å²) in [5.41, 5.74) is 3.56. The topological polar surface area (TPSA) is 112 Å². The van der Waals surface area contributed by atoms with E-state index in [-0.39, 0.29) is 5.70 Å². The molecule has 1 aliphatic rings. The van der Waals surface area contributed by atoms with E-state index >= 15 is 0 Å². The lowest BCUT2D eigenvalue weighted by Gasteiger charge is -2.22. The van der Waals surface area contributed by atoms with E-state index < -0.39 is 10.1 Å². The Bertz CT molecular complexity index is 1740. The molecule has 0 saturated heterocycles. The minimum atomic E-state index is -3.92. The van der Waals surface area contributed by atoms with E-state index in [0.717, 1.165) is 23.6 Å². The molecule has 0 spiro atoms. The molecule has 4 rings (SSSR count). The first-order valence-electron chi connectivity index (χ1n) is 13.4. The molecular weight excluding hydrogens is 565 g/mol. The average molecular weight is 596 g/mol. The Morgan fingerprint density at radius 2 is 1.74 bits per heavy atom. The second-order valence-corrected chi connectivity index (χ2v) is 12.1. The zero-order valence-electron chi connectivity index (χ0n) is 23.8. The molecule has 3 aromatic carbocycles. The molecule has 0 aromatic heterocycles. The number of rotatable bonds is 8. The molecule has 3 aromatic rings. The van der Waals surface area contributed by atoms with Crippen molar-refractivity contribution in [3.8, 4) is 12.1 Å². The largest absolute Gasteiger partial charge is 0.748 e. The maximum Gasteiger partial charge on any atom is 0.270 e. The Labute approximate surface area is 252 Å². The van der Waals surface area contributed by atoms with E-state index in [1.165, 1.54) is 40.6 Å². The number of hydrogen-bond donors (Lipinski definition) is 0. The lowest BCUT2D eigenvalue weighted by atomic mass is 9.95. The van der Waals surface area contributed by atoms with Gasteiger partial charge in [0.1, 0.15) is 0 Å². The van der Waals surface area contributed by atoms with Crippen molar-refractivity contribution in [2.24, 2.45) is 0 Å². The van der Waals surface area contributed by atoms with Crippen LogP contribution < -0.4 is 4.90 Å². The third kappa shape index (κ3) is 8.59. The number of anilines is 1. The van der Waals surface area contributed by atoms with Crippen molar-refractivity contribution in [1.82, 2.24) is 0 Å². The summed E-state index contributed by atoms with van der Waals surface area (Å²) in [6, 6.07) is 24.6. The van der Waals surface area contributed by atoms with Crippen LogP contribution >= 0.6 is 11.8 Å². The van der Waals surface area contributed by atoms with E-state index in [4.69, 9.17) is 19.5 Å². The fraction of sp³-hybridized carbons (Fsp3) is 0.242. The number of nitrogens with zero attached hydrogens (tertiary/aromatic N) is 4. The first-order valence-corrected chi connectivity index (χ1v) is 16.0. The molecular formula is C33H31N4O3S2-. The fourth-order valence-electron chi connectivity index (χ4n) is 4.52. The first kappa shape index (κ1) is 32.2. The SMILES string of the molecule is CS(=O)(=O)[O-].[C-]#[N+]/C(C#N)=C(\C(C#N)=CC=C1Sc2ccc3ccccc3c2N1CCCCCC)c1ccc(C)cc1. The van der Waals surface area contributed by atoms with E-state index in [1.807, 2.05) is 43.3 Å². The van der Waals surface area contributed by atoms with E-state index in [1.54, 1.807) is 17.8 Å². The molecule has 0 amide bonds. The van der Waals surface area contributed by atoms with Crippen molar-refractivity contribution in [3.63, 3.8) is 0 Å². The van der Waals surface area contributed by atoms with Crippen molar-refractivity contribution >= 4 is 43.9 Å². The van der Waals surface area contributed by atoms with Crippen LogP contribution in [0.5, 0.6) is 0 Å². The summed E-state index contributed by atoms with van der Waals surface area (Å²) in [4.78, 5) is 6.99. The maximum atomic E-state index is 10.1. The number of thioether (sulfide) groups is 1. The Balaban J connectivity index is 0.000000892. The standard InChI is InChI=1S/C32H28N4S.CH4O3S/c1-4-5-6-9-20-36-30(37-29-18-16-24-10-7-8-11-27(24)32(29)36)19-17-26(21-33)31(28(22-34)35-3)25-14-12-23(2)13-15-25;1-5(2,3)4/h7-8,10-19H,4-6,9,20H2,1-2H3;1H3,(H,2,3,4)/p-1/b26-17?,30-19?,31-28-;. The fourth-order valence-corrected chi connectivity index (χ4v) is 5.63. The number of benzene rings is 3. The number of allylic oxidation sites excluding steroid dienone is 5. The molecule has 214 valence electrons. The van der Waals surface area contributed by atoms with Gasteiger partial charge in [0, 0.05) is 28.7 Å². The average Bonchev–Trinajstić information content (AvgIpc) is 3.32. The van der Waals surface area contributed by atoms with Crippen LogP contribution in [0.15, 0.2) is 94.0 Å². The summed E-state index contributed by atoms with van der Waals surface area (Å²) < 4.78 is 27.2. The minimum Gasteiger partial charge on any atom is -0.748 e. The lowest BCUT2D eigenvalue weighted by Crippen LogP contribution is -2.19. The van der Waals surface area contributed by atoms with Gasteiger partial charge in [-0.05, 0) is 42.5 Å². The number of aryl methyl sites for hydroxylation is 1. The normalized spacial score (nSPS) is 14.3. The highest BCUT2D eigenvalue weighted by Crippen LogP contribution is 2.49. The van der Waals surface area contributed by atoms with Crippen LogP contribution in [-0.4, -0.2) is 25.8 Å². The molecule has 0 saturated carbocycles. The third-order valence-electron chi connectivity index (χ3n) is 6.43. The molecule has 1 aliphatic heterocycles. The molecule has 0 unspecified atom stereocenters. The Kier molecular flexibility index (Phi) is 11.5. The van der Waals surface area contributed by atoms with Crippen molar-refractivity contribution in [3.05, 3.63) is 112 Å². The Morgan fingerprint density at radius 1 is 1.05 bits per heavy atom. The van der Waals surface area contributed by atoms with Gasteiger partial charge in [0.25, 0.3) is 5.70 Å². The highest BCUT2D eigenvalue weighted by molar-refractivity contribution is 8.03. The van der Waals surface area contributed by atoms with Gasteiger partial charge in [0.15, 0.2) is 0 Å². The van der Waals surface area contributed by atoms with Crippen molar-refractivity contribution in [1.29, 1.82) is 10.5 Å². The van der Waals surface area contributed by atoms with Gasteiger partial charge in [0.2, 0.25) is 0 Å². The quantitative estimate of drug-likeness (QED) is 0.0854. The van der Waals surface area contributed by atoms with Gasteiger partial charge < -0.3 is 9.45 Å². The maximum absolute atomic E-state index is 10.1. The second-order valence-electron chi connectivity index (χ2n) is 9.66. The molecule has 0 atom stereocenters. The lowest BCUT2D eigenvalue weighted by molar-refractivity contribution is 0.470. The minimum absolute atomic E-state index is 0.0835. The van der Waals surface area contributed by atoms with Crippen LogP contribution in [0.2, 0.25) is 0 Å². The zero-order valence-corrected chi connectivity index (χ0v) is 25.4. The third-order valence-corrected chi connectivity index (χ3v) is 7.54. The highest BCUT2D eigenvalue weighted by Gasteiger charge is 2.26. The van der Waals surface area contributed by atoms with Crippen LogP contribution in [0, 0.1) is 36.2 Å². The van der Waals surface area contributed by atoms with Crippen LogP contribution in [-0.2, 0) is 10.1 Å². The van der Waals surface area contributed by atoms with Gasteiger partial charge >= 0.3 is 0 Å². The van der Waals surface area contributed by atoms with Gasteiger partial charge in [-0.2, -0.15) is 5.26 Å². The van der Waals surface area contributed by atoms with Crippen LogP contribution in [0.25, 0.3) is 21.2 Å². The van der Waals surface area contributed by atoms with Crippen molar-refractivity contribution < 1.29 is 13.0 Å². The molecule has 1 heterocycles. The van der Waals surface area contributed by atoms with Crippen molar-refractivity contribution in [2.75, 3.05) is 17.7 Å². The number of nitriles is 2. The Hall–Kier alpha value is -4.33. The van der Waals surface area contributed by atoms with Crippen LogP contribution in [0.4, 0.5) is 5.69 Å². The molecule has 0 N–H and O–H groups in total. The van der Waals surface area contributed by atoms with E-state index in [9.17, 15) is 10.5 Å². The molecule has 42 heavy (non-hydrogen) atoms. The zero-order chi connectivity index (χ0) is 30.7. The van der Waals surface area contributed by atoms with Gasteiger partial charge in [0.05, 0.1) is 45.1 Å². The monoisotopic (exact) mass is 595 g/mol. The predicted molar refractivity (Wildman–Crippen MR) is 169 cm³/mol. The predicted octanol–water partition coefficient (Wildman–Crippen LogP) is 7.95. The summed E-state index contributed by atoms with van der Waals surface area (Å²) in [7, 11) is -3.92. The molecule has 0 aliphatic carbocycles. The van der Waals surface area contributed by atoms with E-state index in [0.29, 0.717) is 23.0 Å². The molecule has 0 radical (unpaired) electrons. The van der Waals surface area contributed by atoms with E-state index in [2.05, 4.69) is 59.1 Å². The molecule has 7 nitrogen and oxygen atoms in total. The second kappa shape index (κ2) is 15.1. The first-order chi connectivity index (χ1) is 20.1. The number of fused-ring (bicyclic) bond motifs is 3. The summed E-state index contributed by atoms with van der Waals surface area (Å²) in [5, 5.41) is 23.2. The van der Waals surface area contributed by atoms with Crippen LogP contribution in [0.3, 0.4) is 0 Å². The smallest absolute Gasteiger partial charge is 0.270 e. The van der Waals surface area contributed by atoms with Crippen molar-refractivity contribution in [2.45, 2.75) is 44.4 Å². The van der Waals surface area contributed by atoms with Crippen LogP contribution in [0.1, 0.15) is 43.7 Å². The number of unbranched alkanes of at least 4 members (excludes halogenated alkanes) is 3. The molecule has 0 bridgehead atoms. The van der Waals surface area contributed by atoms with Gasteiger partial charge in [-0.15, -0.1) is 0 Å². The highest BCUT2D eigenvalue weighted by atomic mass is 32.2. The van der Waals surface area contributed by atoms with Gasteiger partial charge in [-0.1, -0.05) is 98.1 Å². The van der Waals surface area contributed by atoms with Gasteiger partial charge in [-0.25, -0.2) is 18.5 Å².